The van der Waals surface area contributed by atoms with Crippen LogP contribution in [0.2, 0.25) is 0 Å². The lowest BCUT2D eigenvalue weighted by molar-refractivity contribution is -0.119. The number of nitrogens with one attached hydrogen (secondary N) is 1. The Hall–Kier alpha value is -1.36. The van der Waals surface area contributed by atoms with E-state index in [1.54, 1.807) is 25.1 Å². The van der Waals surface area contributed by atoms with Crippen molar-refractivity contribution in [1.29, 1.82) is 0 Å². The summed E-state index contributed by atoms with van der Waals surface area (Å²) in [5.74, 6) is -0.418. The maximum Gasteiger partial charge on any atom is 0.338 e. The molecule has 1 N–H and O–H groups in total. The van der Waals surface area contributed by atoms with Gasteiger partial charge in [-0.2, -0.15) is 0 Å². The number of benzene rings is 1. The molecule has 1 rings (SSSR count). The topological polar surface area (TPSA) is 55.4 Å². The fourth-order valence-corrected chi connectivity index (χ4v) is 2.26. The maximum atomic E-state index is 12.0. The number of halogens is 1. The number of anilines is 1. The molecule has 4 nitrogen and oxygen atoms in total. The Bertz CT molecular complexity index is 488. The summed E-state index contributed by atoms with van der Waals surface area (Å²) in [5, 5.41) is 2.85. The minimum Gasteiger partial charge on any atom is -0.462 e. The molecule has 0 fully saturated rings. The molecule has 1 aromatic carbocycles. The van der Waals surface area contributed by atoms with Gasteiger partial charge in [-0.25, -0.2) is 4.79 Å². The third-order valence-corrected chi connectivity index (χ3v) is 3.56. The van der Waals surface area contributed by atoms with E-state index in [9.17, 15) is 9.59 Å². The van der Waals surface area contributed by atoms with Gasteiger partial charge in [0.25, 0.3) is 0 Å². The number of amides is 1. The number of hydrogen-bond acceptors (Lipinski definition) is 3. The molecule has 5 heteroatoms. The number of hydrogen-bond donors (Lipinski definition) is 1. The first-order valence-corrected chi connectivity index (χ1v) is 7.56. The highest BCUT2D eigenvalue weighted by molar-refractivity contribution is 9.10. The van der Waals surface area contributed by atoms with Crippen molar-refractivity contribution in [1.82, 2.24) is 0 Å². The van der Waals surface area contributed by atoms with Crippen LogP contribution in [0.3, 0.4) is 0 Å². The van der Waals surface area contributed by atoms with Crippen LogP contribution in [-0.2, 0) is 9.53 Å². The van der Waals surface area contributed by atoms with E-state index in [1.165, 1.54) is 0 Å². The van der Waals surface area contributed by atoms with E-state index >= 15 is 0 Å². The lowest BCUT2D eigenvalue weighted by Crippen LogP contribution is -2.20. The van der Waals surface area contributed by atoms with Crippen molar-refractivity contribution in [2.75, 3.05) is 11.9 Å². The van der Waals surface area contributed by atoms with E-state index in [0.29, 0.717) is 22.3 Å². The van der Waals surface area contributed by atoms with Gasteiger partial charge in [-0.3, -0.25) is 4.79 Å². The Kier molecular flexibility index (Phi) is 6.71. The van der Waals surface area contributed by atoms with Gasteiger partial charge in [0.2, 0.25) is 5.91 Å². The van der Waals surface area contributed by atoms with Gasteiger partial charge in [0.05, 0.1) is 17.9 Å². The van der Waals surface area contributed by atoms with Crippen LogP contribution in [0.15, 0.2) is 22.7 Å². The van der Waals surface area contributed by atoms with Crippen molar-refractivity contribution in [2.24, 2.45) is 5.92 Å². The molecule has 0 aliphatic heterocycles. The molecule has 0 aromatic heterocycles. The molecule has 0 bridgehead atoms. The number of carbonyl (C=O) groups is 2. The largest absolute Gasteiger partial charge is 0.462 e. The van der Waals surface area contributed by atoms with Gasteiger partial charge in [-0.05, 0) is 47.5 Å². The van der Waals surface area contributed by atoms with Crippen molar-refractivity contribution in [3.8, 4) is 0 Å². The Morgan fingerprint density at radius 3 is 2.60 bits per heavy atom. The number of esters is 1. The number of rotatable bonds is 6. The molecule has 110 valence electrons. The van der Waals surface area contributed by atoms with Crippen LogP contribution in [-0.4, -0.2) is 18.5 Å². The molecule has 1 amide bonds. The molecular weight excluding hydrogens is 322 g/mol. The van der Waals surface area contributed by atoms with Crippen LogP contribution in [0, 0.1) is 5.92 Å². The lowest BCUT2D eigenvalue weighted by Gasteiger charge is -2.13. The molecule has 0 aliphatic carbocycles. The summed E-state index contributed by atoms with van der Waals surface area (Å²) in [5.41, 5.74) is 1.12. The monoisotopic (exact) mass is 341 g/mol. The van der Waals surface area contributed by atoms with Gasteiger partial charge < -0.3 is 10.1 Å². The van der Waals surface area contributed by atoms with Gasteiger partial charge in [-0.1, -0.05) is 20.3 Å². The SMILES string of the molecule is CCCC(C)C(=O)Nc1ccc(C(=O)OCC)cc1Br. The Morgan fingerprint density at radius 1 is 1.35 bits per heavy atom. The van der Waals surface area contributed by atoms with Gasteiger partial charge in [0.15, 0.2) is 0 Å². The first-order valence-electron chi connectivity index (χ1n) is 6.77. The van der Waals surface area contributed by atoms with Crippen molar-refractivity contribution in [3.63, 3.8) is 0 Å². The average molecular weight is 342 g/mol. The fraction of sp³-hybridized carbons (Fsp3) is 0.467. The van der Waals surface area contributed by atoms with Crippen molar-refractivity contribution >= 4 is 33.5 Å². The van der Waals surface area contributed by atoms with Gasteiger partial charge >= 0.3 is 5.97 Å². The van der Waals surface area contributed by atoms with Crippen molar-refractivity contribution in [2.45, 2.75) is 33.6 Å². The summed E-state index contributed by atoms with van der Waals surface area (Å²) in [6, 6.07) is 4.99. The van der Waals surface area contributed by atoms with Crippen LogP contribution in [0.1, 0.15) is 44.0 Å². The van der Waals surface area contributed by atoms with Crippen LogP contribution in [0.4, 0.5) is 5.69 Å². The summed E-state index contributed by atoms with van der Waals surface area (Å²) in [7, 11) is 0. The molecule has 1 unspecified atom stereocenters. The van der Waals surface area contributed by atoms with E-state index < -0.39 is 0 Å². The second-order valence-electron chi connectivity index (χ2n) is 4.59. The van der Waals surface area contributed by atoms with E-state index in [0.717, 1.165) is 12.8 Å². The maximum absolute atomic E-state index is 12.0. The van der Waals surface area contributed by atoms with Crippen molar-refractivity contribution < 1.29 is 14.3 Å². The number of carbonyl (C=O) groups excluding carboxylic acids is 2. The molecule has 0 spiro atoms. The van der Waals surface area contributed by atoms with Gasteiger partial charge in [0, 0.05) is 10.4 Å². The normalized spacial score (nSPS) is 11.8. The van der Waals surface area contributed by atoms with Crippen LogP contribution in [0.25, 0.3) is 0 Å². The summed E-state index contributed by atoms with van der Waals surface area (Å²) in [6.07, 6.45) is 1.82. The highest BCUT2D eigenvalue weighted by Gasteiger charge is 2.14. The Morgan fingerprint density at radius 2 is 2.05 bits per heavy atom. The van der Waals surface area contributed by atoms with Gasteiger partial charge in [0.1, 0.15) is 0 Å². The molecule has 0 aliphatic rings. The summed E-state index contributed by atoms with van der Waals surface area (Å²) in [6.45, 7) is 6.05. The Balaban J connectivity index is 2.78. The molecular formula is C15H20BrNO3. The zero-order chi connectivity index (χ0) is 15.1. The quantitative estimate of drug-likeness (QED) is 0.795. The van der Waals surface area contributed by atoms with Crippen LogP contribution < -0.4 is 5.32 Å². The molecule has 1 aromatic rings. The average Bonchev–Trinajstić information content (AvgIpc) is 2.41. The minimum absolute atomic E-state index is 0.0172. The van der Waals surface area contributed by atoms with E-state index in [2.05, 4.69) is 21.2 Å². The first-order chi connectivity index (χ1) is 9.49. The Labute approximate surface area is 128 Å². The molecule has 0 saturated heterocycles. The first kappa shape index (κ1) is 16.7. The smallest absolute Gasteiger partial charge is 0.338 e. The molecule has 0 radical (unpaired) electrons. The zero-order valence-electron chi connectivity index (χ0n) is 12.0. The lowest BCUT2D eigenvalue weighted by atomic mass is 10.1. The predicted octanol–water partition coefficient (Wildman–Crippen LogP) is 4.00. The summed E-state index contributed by atoms with van der Waals surface area (Å²) < 4.78 is 5.59. The molecule has 0 saturated carbocycles. The standard InChI is InChI=1S/C15H20BrNO3/c1-4-6-10(3)14(18)17-13-8-7-11(9-12(13)16)15(19)20-5-2/h7-10H,4-6H2,1-3H3,(H,17,18). The zero-order valence-corrected chi connectivity index (χ0v) is 13.6. The van der Waals surface area contributed by atoms with E-state index in [4.69, 9.17) is 4.74 Å². The van der Waals surface area contributed by atoms with Crippen molar-refractivity contribution in [3.05, 3.63) is 28.2 Å². The molecule has 1 atom stereocenters. The van der Waals surface area contributed by atoms with Crippen LogP contribution >= 0.6 is 15.9 Å². The predicted molar refractivity (Wildman–Crippen MR) is 82.8 cm³/mol. The molecule has 20 heavy (non-hydrogen) atoms. The second-order valence-corrected chi connectivity index (χ2v) is 5.45. The summed E-state index contributed by atoms with van der Waals surface area (Å²) >= 11 is 3.36. The number of ether oxygens (including phenoxy) is 1. The third-order valence-electron chi connectivity index (χ3n) is 2.91. The fourth-order valence-electron chi connectivity index (χ4n) is 1.78. The second kappa shape index (κ2) is 8.04. The summed E-state index contributed by atoms with van der Waals surface area (Å²) in [4.78, 5) is 23.5. The third kappa shape index (κ3) is 4.63. The highest BCUT2D eigenvalue weighted by Crippen LogP contribution is 2.25. The van der Waals surface area contributed by atoms with E-state index in [-0.39, 0.29) is 17.8 Å². The van der Waals surface area contributed by atoms with Crippen LogP contribution in [0.5, 0.6) is 0 Å². The molecule has 0 heterocycles. The van der Waals surface area contributed by atoms with E-state index in [1.807, 2.05) is 13.8 Å². The highest BCUT2D eigenvalue weighted by atomic mass is 79.9. The minimum atomic E-state index is -0.370. The van der Waals surface area contributed by atoms with Gasteiger partial charge in [-0.15, -0.1) is 0 Å².